The smallest absolute Gasteiger partial charge is 0.325 e. The molecule has 0 aliphatic rings. The number of nitrogens with zero attached hydrogens (tertiary/aromatic N) is 1. The Hall–Kier alpha value is -2.36. The highest BCUT2D eigenvalue weighted by Gasteiger charge is 2.12. The summed E-state index contributed by atoms with van der Waals surface area (Å²) in [5, 5.41) is 13.0. The van der Waals surface area contributed by atoms with Gasteiger partial charge in [0.15, 0.2) is 0 Å². The summed E-state index contributed by atoms with van der Waals surface area (Å²) < 4.78 is 4.36. The molecule has 0 aromatic heterocycles. The van der Waals surface area contributed by atoms with Crippen molar-refractivity contribution in [3.63, 3.8) is 0 Å². The number of carbonyl (C=O) groups excluding carboxylic acids is 3. The van der Waals surface area contributed by atoms with Gasteiger partial charge in [-0.1, -0.05) is 0 Å². The maximum Gasteiger partial charge on any atom is 0.325 e. The Bertz CT molecular complexity index is 367. The van der Waals surface area contributed by atoms with Crippen molar-refractivity contribution in [3.8, 4) is 6.07 Å². The highest BCUT2D eigenvalue weighted by Crippen LogP contribution is 1.99. The lowest BCUT2D eigenvalue weighted by molar-refractivity contribution is -0.139. The molecule has 0 radical (unpaired) electrons. The average Bonchev–Trinajstić information content (AvgIpc) is 2.27. The van der Waals surface area contributed by atoms with E-state index in [9.17, 15) is 14.4 Å². The molecule has 0 rings (SSSR count). The van der Waals surface area contributed by atoms with Crippen molar-refractivity contribution in [2.24, 2.45) is 0 Å². The van der Waals surface area contributed by atoms with Crippen LogP contribution in [0.3, 0.4) is 0 Å². The number of hydrogen-bond donors (Lipinski definition) is 2. The van der Waals surface area contributed by atoms with E-state index in [1.165, 1.54) is 14.0 Å². The number of hydrogen-bond acceptors (Lipinski definition) is 6. The minimum absolute atomic E-state index is 0.165. The molecule has 0 atom stereocenters. The monoisotopic (exact) mass is 225 g/mol. The number of rotatable bonds is 5. The molecule has 2 N–H and O–H groups in total. The van der Waals surface area contributed by atoms with Crippen LogP contribution in [0.1, 0.15) is 6.92 Å². The minimum Gasteiger partial charge on any atom is -0.468 e. The second-order valence-corrected chi connectivity index (χ2v) is 2.63. The summed E-state index contributed by atoms with van der Waals surface area (Å²) in [6.07, 6.45) is 0.174. The van der Waals surface area contributed by atoms with E-state index in [2.05, 4.69) is 10.1 Å². The zero-order valence-electron chi connectivity index (χ0n) is 8.86. The predicted molar refractivity (Wildman–Crippen MR) is 52.5 cm³/mol. The molecule has 0 heterocycles. The van der Waals surface area contributed by atoms with E-state index in [1.54, 1.807) is 6.07 Å². The Labute approximate surface area is 92.1 Å². The van der Waals surface area contributed by atoms with Crippen molar-refractivity contribution in [2.45, 2.75) is 6.92 Å². The van der Waals surface area contributed by atoms with Crippen LogP contribution in [0.2, 0.25) is 0 Å². The number of methoxy groups -OCH3 is 1. The van der Waals surface area contributed by atoms with E-state index in [0.717, 1.165) is 0 Å². The molecule has 0 saturated carbocycles. The first-order valence-corrected chi connectivity index (χ1v) is 4.23. The van der Waals surface area contributed by atoms with E-state index >= 15 is 0 Å². The number of nitrogens with one attached hydrogen (secondary N) is 2. The first-order valence-electron chi connectivity index (χ1n) is 4.23. The van der Waals surface area contributed by atoms with Gasteiger partial charge in [-0.2, -0.15) is 5.26 Å². The Morgan fingerprint density at radius 3 is 2.56 bits per heavy atom. The third-order valence-electron chi connectivity index (χ3n) is 1.63. The second-order valence-electron chi connectivity index (χ2n) is 2.63. The summed E-state index contributed by atoms with van der Waals surface area (Å²) in [5.41, 5.74) is -0.0803. The number of nitriles is 1. The SMILES string of the molecule is COC(=O)CN/C(C)=C(\C#N)C(=O)NC=O. The van der Waals surface area contributed by atoms with Crippen molar-refractivity contribution >= 4 is 18.3 Å². The van der Waals surface area contributed by atoms with Gasteiger partial charge in [-0.25, -0.2) is 0 Å². The Balaban J connectivity index is 4.63. The third-order valence-corrected chi connectivity index (χ3v) is 1.63. The summed E-state index contributed by atoms with van der Waals surface area (Å²) in [6.45, 7) is 1.27. The van der Waals surface area contributed by atoms with Gasteiger partial charge in [-0.3, -0.25) is 19.7 Å². The van der Waals surface area contributed by atoms with Gasteiger partial charge in [0.25, 0.3) is 5.91 Å². The number of imide groups is 1. The van der Waals surface area contributed by atoms with Crippen LogP contribution in [0.4, 0.5) is 0 Å². The number of carbonyl (C=O) groups is 3. The Morgan fingerprint density at radius 2 is 2.12 bits per heavy atom. The molecule has 2 amide bonds. The maximum absolute atomic E-state index is 11.2. The van der Waals surface area contributed by atoms with E-state index in [4.69, 9.17) is 5.26 Å². The number of amides is 2. The molecule has 0 fully saturated rings. The summed E-state index contributed by atoms with van der Waals surface area (Å²) >= 11 is 0. The lowest BCUT2D eigenvalue weighted by atomic mass is 10.2. The molecule has 0 aliphatic carbocycles. The normalized spacial score (nSPS) is 10.6. The lowest BCUT2D eigenvalue weighted by Gasteiger charge is -2.06. The van der Waals surface area contributed by atoms with E-state index in [0.29, 0.717) is 0 Å². The zero-order chi connectivity index (χ0) is 12.6. The topological polar surface area (TPSA) is 108 Å². The van der Waals surface area contributed by atoms with Crippen molar-refractivity contribution in [3.05, 3.63) is 11.3 Å². The minimum atomic E-state index is -0.827. The maximum atomic E-state index is 11.2. The van der Waals surface area contributed by atoms with Gasteiger partial charge < -0.3 is 10.1 Å². The largest absolute Gasteiger partial charge is 0.468 e. The van der Waals surface area contributed by atoms with Gasteiger partial charge in [0.2, 0.25) is 6.41 Å². The molecule has 0 spiro atoms. The Kier molecular flexibility index (Phi) is 5.97. The molecule has 0 unspecified atom stereocenters. The number of esters is 1. The summed E-state index contributed by atoms with van der Waals surface area (Å²) in [6, 6.07) is 1.62. The second kappa shape index (κ2) is 7.00. The predicted octanol–water partition coefficient (Wildman–Crippen LogP) is -1.18. The summed E-state index contributed by atoms with van der Waals surface area (Å²) in [4.78, 5) is 31.9. The van der Waals surface area contributed by atoms with Crippen LogP contribution < -0.4 is 10.6 Å². The standard InChI is InChI=1S/C9H11N3O4/c1-6(11-4-8(14)16-2)7(3-10)9(15)12-5-13/h5,11H,4H2,1-2H3,(H,12,13,15)/b7-6+. The molecular weight excluding hydrogens is 214 g/mol. The fourth-order valence-corrected chi connectivity index (χ4v) is 0.796. The fraction of sp³-hybridized carbons (Fsp3) is 0.333. The van der Waals surface area contributed by atoms with Gasteiger partial charge in [0.1, 0.15) is 18.2 Å². The van der Waals surface area contributed by atoms with Crippen LogP contribution in [-0.4, -0.2) is 31.9 Å². The van der Waals surface area contributed by atoms with E-state index in [1.807, 2.05) is 5.32 Å². The first kappa shape index (κ1) is 13.6. The molecule has 0 aliphatic heterocycles. The lowest BCUT2D eigenvalue weighted by Crippen LogP contribution is -2.28. The third kappa shape index (κ3) is 4.23. The highest BCUT2D eigenvalue weighted by molar-refractivity contribution is 6.02. The highest BCUT2D eigenvalue weighted by atomic mass is 16.5. The van der Waals surface area contributed by atoms with Crippen LogP contribution in [-0.2, 0) is 19.1 Å². The van der Waals surface area contributed by atoms with E-state index in [-0.39, 0.29) is 24.2 Å². The quantitative estimate of drug-likeness (QED) is 0.264. The summed E-state index contributed by atoms with van der Waals surface area (Å²) in [5.74, 6) is -1.36. The molecule has 0 saturated heterocycles. The van der Waals surface area contributed by atoms with Crippen molar-refractivity contribution in [2.75, 3.05) is 13.7 Å². The molecular formula is C9H11N3O4. The van der Waals surface area contributed by atoms with Crippen LogP contribution in [0.25, 0.3) is 0 Å². The molecule has 7 nitrogen and oxygen atoms in total. The molecule has 0 bridgehead atoms. The Morgan fingerprint density at radius 1 is 1.50 bits per heavy atom. The zero-order valence-corrected chi connectivity index (χ0v) is 8.86. The molecule has 7 heteroatoms. The number of ether oxygens (including phenoxy) is 1. The molecule has 16 heavy (non-hydrogen) atoms. The van der Waals surface area contributed by atoms with Crippen LogP contribution in [0.15, 0.2) is 11.3 Å². The van der Waals surface area contributed by atoms with Gasteiger partial charge in [-0.05, 0) is 6.92 Å². The van der Waals surface area contributed by atoms with Gasteiger partial charge in [-0.15, -0.1) is 0 Å². The van der Waals surface area contributed by atoms with Crippen LogP contribution in [0.5, 0.6) is 0 Å². The fourth-order valence-electron chi connectivity index (χ4n) is 0.796. The molecule has 0 aromatic rings. The van der Waals surface area contributed by atoms with Gasteiger partial charge >= 0.3 is 5.97 Å². The average molecular weight is 225 g/mol. The van der Waals surface area contributed by atoms with Crippen molar-refractivity contribution in [1.82, 2.24) is 10.6 Å². The van der Waals surface area contributed by atoms with Crippen molar-refractivity contribution in [1.29, 1.82) is 5.26 Å². The summed E-state index contributed by atoms with van der Waals surface area (Å²) in [7, 11) is 1.22. The van der Waals surface area contributed by atoms with Gasteiger partial charge in [0, 0.05) is 5.70 Å². The van der Waals surface area contributed by atoms with Crippen molar-refractivity contribution < 1.29 is 19.1 Å². The number of allylic oxidation sites excluding steroid dienone is 1. The molecule has 86 valence electrons. The van der Waals surface area contributed by atoms with E-state index < -0.39 is 11.9 Å². The van der Waals surface area contributed by atoms with Gasteiger partial charge in [0.05, 0.1) is 7.11 Å². The first-order chi connectivity index (χ1) is 7.56. The molecule has 0 aromatic carbocycles. The van der Waals surface area contributed by atoms with Crippen LogP contribution in [0, 0.1) is 11.3 Å². The van der Waals surface area contributed by atoms with Crippen LogP contribution >= 0.6 is 0 Å².